The summed E-state index contributed by atoms with van der Waals surface area (Å²) in [7, 11) is 1.68. The molecule has 1 saturated carbocycles. The summed E-state index contributed by atoms with van der Waals surface area (Å²) in [6, 6.07) is 5.70. The SMILES string of the molecule is COc1ccc(N)cc1COC1CC(C)CC(C)C1. The molecule has 2 N–H and O–H groups in total. The Morgan fingerprint density at radius 1 is 1.16 bits per heavy atom. The van der Waals surface area contributed by atoms with E-state index in [2.05, 4.69) is 13.8 Å². The molecule has 1 aliphatic rings. The van der Waals surface area contributed by atoms with Crippen molar-refractivity contribution in [2.45, 2.75) is 45.8 Å². The summed E-state index contributed by atoms with van der Waals surface area (Å²) < 4.78 is 11.4. The van der Waals surface area contributed by atoms with Crippen LogP contribution >= 0.6 is 0 Å². The van der Waals surface area contributed by atoms with Crippen LogP contribution in [0.25, 0.3) is 0 Å². The van der Waals surface area contributed by atoms with Gasteiger partial charge in [-0.3, -0.25) is 0 Å². The second kappa shape index (κ2) is 6.29. The van der Waals surface area contributed by atoms with Crippen LogP contribution in [-0.4, -0.2) is 13.2 Å². The first-order valence-electron chi connectivity index (χ1n) is 7.12. The quantitative estimate of drug-likeness (QED) is 0.844. The maximum absolute atomic E-state index is 6.07. The fourth-order valence-electron chi connectivity index (χ4n) is 3.13. The molecule has 0 radical (unpaired) electrons. The number of rotatable bonds is 4. The standard InChI is InChI=1S/C16H25NO2/c1-11-6-12(2)8-15(7-11)19-10-13-9-14(17)4-5-16(13)18-3/h4-5,9,11-12,15H,6-8,10,17H2,1-3H3. The van der Waals surface area contributed by atoms with Gasteiger partial charge in [0.1, 0.15) is 5.75 Å². The van der Waals surface area contributed by atoms with Crippen LogP contribution in [0.5, 0.6) is 5.75 Å². The van der Waals surface area contributed by atoms with Crippen molar-refractivity contribution >= 4 is 5.69 Å². The van der Waals surface area contributed by atoms with E-state index in [1.54, 1.807) is 7.11 Å². The van der Waals surface area contributed by atoms with E-state index >= 15 is 0 Å². The number of hydrogen-bond donors (Lipinski definition) is 1. The molecule has 0 aromatic heterocycles. The Bertz CT molecular complexity index is 409. The maximum atomic E-state index is 6.07. The van der Waals surface area contributed by atoms with E-state index in [1.165, 1.54) is 6.42 Å². The summed E-state index contributed by atoms with van der Waals surface area (Å²) >= 11 is 0. The summed E-state index contributed by atoms with van der Waals surface area (Å²) in [6.07, 6.45) is 4.01. The van der Waals surface area contributed by atoms with Gasteiger partial charge < -0.3 is 15.2 Å². The molecule has 3 nitrogen and oxygen atoms in total. The van der Waals surface area contributed by atoms with Crippen LogP contribution in [0.4, 0.5) is 5.69 Å². The van der Waals surface area contributed by atoms with Crippen molar-refractivity contribution in [1.82, 2.24) is 0 Å². The predicted octanol–water partition coefficient (Wildman–Crippen LogP) is 3.62. The summed E-state index contributed by atoms with van der Waals surface area (Å²) in [5, 5.41) is 0. The van der Waals surface area contributed by atoms with Crippen molar-refractivity contribution in [3.05, 3.63) is 23.8 Å². The number of anilines is 1. The van der Waals surface area contributed by atoms with Gasteiger partial charge in [0, 0.05) is 11.3 Å². The van der Waals surface area contributed by atoms with E-state index in [0.29, 0.717) is 12.7 Å². The number of benzene rings is 1. The van der Waals surface area contributed by atoms with Crippen LogP contribution in [0.1, 0.15) is 38.7 Å². The first-order valence-corrected chi connectivity index (χ1v) is 7.12. The minimum Gasteiger partial charge on any atom is -0.496 e. The van der Waals surface area contributed by atoms with Gasteiger partial charge in [-0.25, -0.2) is 0 Å². The van der Waals surface area contributed by atoms with Crippen LogP contribution < -0.4 is 10.5 Å². The normalized spacial score (nSPS) is 27.2. The van der Waals surface area contributed by atoms with E-state index in [4.69, 9.17) is 15.2 Å². The zero-order valence-corrected chi connectivity index (χ0v) is 12.2. The van der Waals surface area contributed by atoms with Gasteiger partial charge in [0.2, 0.25) is 0 Å². The molecule has 1 aliphatic carbocycles. The molecule has 0 spiro atoms. The summed E-state index contributed by atoms with van der Waals surface area (Å²) in [5.41, 5.74) is 7.61. The van der Waals surface area contributed by atoms with E-state index in [-0.39, 0.29) is 0 Å². The molecule has 0 saturated heterocycles. The fourth-order valence-corrected chi connectivity index (χ4v) is 3.13. The van der Waals surface area contributed by atoms with Crippen molar-refractivity contribution in [2.24, 2.45) is 11.8 Å². The van der Waals surface area contributed by atoms with Gasteiger partial charge >= 0.3 is 0 Å². The topological polar surface area (TPSA) is 44.5 Å². The van der Waals surface area contributed by atoms with Gasteiger partial charge in [0.15, 0.2) is 0 Å². The Kier molecular flexibility index (Phi) is 4.70. The van der Waals surface area contributed by atoms with Gasteiger partial charge in [0.05, 0.1) is 19.8 Å². The second-order valence-electron chi connectivity index (χ2n) is 5.92. The molecule has 19 heavy (non-hydrogen) atoms. The summed E-state index contributed by atoms with van der Waals surface area (Å²) in [5.74, 6) is 2.37. The molecule has 1 aromatic rings. The van der Waals surface area contributed by atoms with Gasteiger partial charge in [-0.1, -0.05) is 13.8 Å². The third-order valence-electron chi connectivity index (χ3n) is 3.91. The molecule has 2 unspecified atom stereocenters. The van der Waals surface area contributed by atoms with Crippen molar-refractivity contribution in [1.29, 1.82) is 0 Å². The molecular weight excluding hydrogens is 238 g/mol. The average molecular weight is 263 g/mol. The monoisotopic (exact) mass is 263 g/mol. The number of hydrogen-bond acceptors (Lipinski definition) is 3. The first-order chi connectivity index (χ1) is 9.08. The van der Waals surface area contributed by atoms with Gasteiger partial charge in [0.25, 0.3) is 0 Å². The lowest BCUT2D eigenvalue weighted by Gasteiger charge is -2.31. The fraction of sp³-hybridized carbons (Fsp3) is 0.625. The molecule has 0 amide bonds. The predicted molar refractivity (Wildman–Crippen MR) is 78.2 cm³/mol. The molecule has 3 heteroatoms. The lowest BCUT2D eigenvalue weighted by molar-refractivity contribution is -0.00975. The van der Waals surface area contributed by atoms with Crippen LogP contribution in [0, 0.1) is 11.8 Å². The van der Waals surface area contributed by atoms with Gasteiger partial charge in [-0.2, -0.15) is 0 Å². The summed E-state index contributed by atoms with van der Waals surface area (Å²) in [4.78, 5) is 0. The van der Waals surface area contributed by atoms with E-state index in [0.717, 1.165) is 41.7 Å². The third kappa shape index (κ3) is 3.87. The Labute approximate surface area is 116 Å². The summed E-state index contributed by atoms with van der Waals surface area (Å²) in [6.45, 7) is 5.21. The van der Waals surface area contributed by atoms with Gasteiger partial charge in [-0.15, -0.1) is 0 Å². The van der Waals surface area contributed by atoms with Crippen molar-refractivity contribution in [2.75, 3.05) is 12.8 Å². The average Bonchev–Trinajstić information content (AvgIpc) is 2.35. The van der Waals surface area contributed by atoms with Crippen molar-refractivity contribution < 1.29 is 9.47 Å². The highest BCUT2D eigenvalue weighted by Gasteiger charge is 2.24. The van der Waals surface area contributed by atoms with Crippen LogP contribution in [-0.2, 0) is 11.3 Å². The number of nitrogens with two attached hydrogens (primary N) is 1. The molecule has 1 fully saturated rings. The molecule has 0 aliphatic heterocycles. The molecule has 0 bridgehead atoms. The Hall–Kier alpha value is -1.22. The van der Waals surface area contributed by atoms with Crippen LogP contribution in [0.15, 0.2) is 18.2 Å². The smallest absolute Gasteiger partial charge is 0.124 e. The van der Waals surface area contributed by atoms with E-state index in [1.807, 2.05) is 18.2 Å². The Balaban J connectivity index is 1.96. The number of methoxy groups -OCH3 is 1. The minimum atomic E-state index is 0.366. The molecule has 0 heterocycles. The lowest BCUT2D eigenvalue weighted by Crippen LogP contribution is -2.26. The van der Waals surface area contributed by atoms with Crippen LogP contribution in [0.2, 0.25) is 0 Å². The maximum Gasteiger partial charge on any atom is 0.124 e. The molecule has 2 atom stereocenters. The van der Waals surface area contributed by atoms with Crippen molar-refractivity contribution in [3.63, 3.8) is 0 Å². The number of ether oxygens (including phenoxy) is 2. The Morgan fingerprint density at radius 2 is 1.84 bits per heavy atom. The highest BCUT2D eigenvalue weighted by Crippen LogP contribution is 2.31. The van der Waals surface area contributed by atoms with Gasteiger partial charge in [-0.05, 0) is 49.3 Å². The second-order valence-corrected chi connectivity index (χ2v) is 5.92. The third-order valence-corrected chi connectivity index (χ3v) is 3.91. The van der Waals surface area contributed by atoms with E-state index in [9.17, 15) is 0 Å². The zero-order valence-electron chi connectivity index (χ0n) is 12.2. The molecule has 1 aromatic carbocycles. The minimum absolute atomic E-state index is 0.366. The highest BCUT2D eigenvalue weighted by molar-refractivity contribution is 5.47. The molecule has 106 valence electrons. The largest absolute Gasteiger partial charge is 0.496 e. The number of nitrogen functional groups attached to an aromatic ring is 1. The molecule has 2 rings (SSSR count). The first kappa shape index (κ1) is 14.2. The van der Waals surface area contributed by atoms with Crippen molar-refractivity contribution in [3.8, 4) is 5.75 Å². The van der Waals surface area contributed by atoms with Crippen LogP contribution in [0.3, 0.4) is 0 Å². The highest BCUT2D eigenvalue weighted by atomic mass is 16.5. The zero-order chi connectivity index (χ0) is 13.8. The van der Waals surface area contributed by atoms with E-state index < -0.39 is 0 Å². The Morgan fingerprint density at radius 3 is 2.47 bits per heavy atom. The lowest BCUT2D eigenvalue weighted by atomic mass is 9.82. The molecular formula is C16H25NO2.